The number of amides is 3. The van der Waals surface area contributed by atoms with Gasteiger partial charge in [-0.25, -0.2) is 4.79 Å². The number of carbonyl (C=O) groups excluding carboxylic acids is 3. The number of carboxylic acids is 1. The molecule has 0 spiro atoms. The number of carbonyl (C=O) groups is 4. The van der Waals surface area contributed by atoms with Crippen LogP contribution in [-0.2, 0) is 14.4 Å². The predicted octanol–water partition coefficient (Wildman–Crippen LogP) is -0.406. The highest BCUT2D eigenvalue weighted by Gasteiger charge is 2.19. The zero-order chi connectivity index (χ0) is 15.8. The van der Waals surface area contributed by atoms with Crippen LogP contribution in [0.15, 0.2) is 18.3 Å². The topological polar surface area (TPSA) is 128 Å². The SMILES string of the molecule is CC(=O)NC(CSCC(=O)NC(=O)c1ccc[nH]1)C(=O)O. The summed E-state index contributed by atoms with van der Waals surface area (Å²) in [5, 5.41) is 13.3. The van der Waals surface area contributed by atoms with E-state index >= 15 is 0 Å². The molecule has 1 heterocycles. The fraction of sp³-hybridized carbons (Fsp3) is 0.333. The maximum atomic E-state index is 11.5. The van der Waals surface area contributed by atoms with Crippen LogP contribution in [0, 0.1) is 0 Å². The van der Waals surface area contributed by atoms with E-state index in [1.807, 2.05) is 0 Å². The maximum Gasteiger partial charge on any atom is 0.327 e. The summed E-state index contributed by atoms with van der Waals surface area (Å²) in [6.45, 7) is 1.21. The summed E-state index contributed by atoms with van der Waals surface area (Å²) in [4.78, 5) is 47.4. The fourth-order valence-electron chi connectivity index (χ4n) is 1.39. The molecule has 0 aliphatic rings. The Balaban J connectivity index is 2.34. The molecule has 0 saturated carbocycles. The molecule has 0 fully saturated rings. The first-order chi connectivity index (χ1) is 9.90. The van der Waals surface area contributed by atoms with Gasteiger partial charge in [-0.2, -0.15) is 0 Å². The van der Waals surface area contributed by atoms with Crippen LogP contribution in [0.3, 0.4) is 0 Å². The van der Waals surface area contributed by atoms with Crippen molar-refractivity contribution in [1.29, 1.82) is 0 Å². The second-order valence-electron chi connectivity index (χ2n) is 4.07. The van der Waals surface area contributed by atoms with Gasteiger partial charge < -0.3 is 15.4 Å². The van der Waals surface area contributed by atoms with Crippen molar-refractivity contribution in [2.75, 3.05) is 11.5 Å². The second kappa shape index (κ2) is 8.10. The standard InChI is InChI=1S/C12H15N3O5S/c1-7(16)14-9(12(19)20)5-21-6-10(17)15-11(18)8-3-2-4-13-8/h2-4,9,13H,5-6H2,1H3,(H,14,16)(H,19,20)(H,15,17,18). The van der Waals surface area contributed by atoms with Crippen molar-refractivity contribution in [2.24, 2.45) is 0 Å². The molecule has 1 unspecified atom stereocenters. The Labute approximate surface area is 124 Å². The predicted molar refractivity (Wildman–Crippen MR) is 75.8 cm³/mol. The molecule has 4 N–H and O–H groups in total. The summed E-state index contributed by atoms with van der Waals surface area (Å²) in [5.74, 6) is -2.79. The highest BCUT2D eigenvalue weighted by molar-refractivity contribution is 8.00. The van der Waals surface area contributed by atoms with Gasteiger partial charge in [-0.05, 0) is 12.1 Å². The lowest BCUT2D eigenvalue weighted by atomic mass is 10.3. The highest BCUT2D eigenvalue weighted by Crippen LogP contribution is 2.04. The van der Waals surface area contributed by atoms with Gasteiger partial charge in [0.2, 0.25) is 11.8 Å². The Bertz CT molecular complexity index is 529. The Kier molecular flexibility index (Phi) is 6.47. The van der Waals surface area contributed by atoms with E-state index in [0.29, 0.717) is 0 Å². The summed E-state index contributed by atoms with van der Waals surface area (Å²) in [6, 6.07) is 2.07. The number of nitrogens with one attached hydrogen (secondary N) is 3. The number of H-pyrrole nitrogens is 1. The van der Waals surface area contributed by atoms with Crippen molar-refractivity contribution in [3.63, 3.8) is 0 Å². The number of hydrogen-bond acceptors (Lipinski definition) is 5. The van der Waals surface area contributed by atoms with Crippen LogP contribution in [0.5, 0.6) is 0 Å². The third-order valence-corrected chi connectivity index (χ3v) is 3.32. The number of rotatable bonds is 7. The molecule has 0 radical (unpaired) electrons. The maximum absolute atomic E-state index is 11.5. The lowest BCUT2D eigenvalue weighted by Gasteiger charge is -2.12. The summed E-state index contributed by atoms with van der Waals surface area (Å²) in [7, 11) is 0. The first-order valence-corrected chi connectivity index (χ1v) is 7.11. The average Bonchev–Trinajstić information content (AvgIpc) is 2.90. The average molecular weight is 313 g/mol. The summed E-state index contributed by atoms with van der Waals surface area (Å²) >= 11 is 1.01. The van der Waals surface area contributed by atoms with Crippen LogP contribution in [0.4, 0.5) is 0 Å². The first kappa shape index (κ1) is 16.8. The molecule has 9 heteroatoms. The highest BCUT2D eigenvalue weighted by atomic mass is 32.2. The molecule has 1 aromatic heterocycles. The van der Waals surface area contributed by atoms with Crippen LogP contribution in [0.2, 0.25) is 0 Å². The normalized spacial score (nSPS) is 11.5. The molecule has 0 aliphatic heterocycles. The molecule has 1 atom stereocenters. The van der Waals surface area contributed by atoms with E-state index in [1.165, 1.54) is 13.0 Å². The number of aromatic amines is 1. The van der Waals surface area contributed by atoms with Crippen LogP contribution >= 0.6 is 11.8 Å². The van der Waals surface area contributed by atoms with E-state index in [4.69, 9.17) is 5.11 Å². The molecule has 1 aromatic rings. The van der Waals surface area contributed by atoms with Gasteiger partial charge in [0, 0.05) is 18.9 Å². The van der Waals surface area contributed by atoms with E-state index in [-0.39, 0.29) is 17.2 Å². The van der Waals surface area contributed by atoms with Gasteiger partial charge in [0.1, 0.15) is 11.7 Å². The number of aliphatic carboxylic acids is 1. The minimum atomic E-state index is -1.18. The zero-order valence-electron chi connectivity index (χ0n) is 11.2. The molecule has 0 bridgehead atoms. The number of imide groups is 1. The summed E-state index contributed by atoms with van der Waals surface area (Å²) < 4.78 is 0. The summed E-state index contributed by atoms with van der Waals surface area (Å²) in [5.41, 5.74) is 0.259. The van der Waals surface area contributed by atoms with Crippen molar-refractivity contribution < 1.29 is 24.3 Å². The zero-order valence-corrected chi connectivity index (χ0v) is 12.0. The van der Waals surface area contributed by atoms with E-state index in [0.717, 1.165) is 11.8 Å². The van der Waals surface area contributed by atoms with Crippen molar-refractivity contribution in [3.05, 3.63) is 24.0 Å². The fourth-order valence-corrected chi connectivity index (χ4v) is 2.23. The largest absolute Gasteiger partial charge is 0.480 e. The monoisotopic (exact) mass is 313 g/mol. The number of aromatic nitrogens is 1. The molecule has 1 rings (SSSR count). The molecule has 8 nitrogen and oxygen atoms in total. The third kappa shape index (κ3) is 6.13. The van der Waals surface area contributed by atoms with Gasteiger partial charge >= 0.3 is 5.97 Å². The van der Waals surface area contributed by atoms with E-state index in [1.54, 1.807) is 12.3 Å². The van der Waals surface area contributed by atoms with Crippen molar-refractivity contribution in [2.45, 2.75) is 13.0 Å². The van der Waals surface area contributed by atoms with Gasteiger partial charge in [-0.3, -0.25) is 19.7 Å². The molecule has 0 aliphatic carbocycles. The van der Waals surface area contributed by atoms with Crippen LogP contribution in [0.25, 0.3) is 0 Å². The quantitative estimate of drug-likeness (QED) is 0.542. The van der Waals surface area contributed by atoms with Gasteiger partial charge in [0.25, 0.3) is 5.91 Å². The van der Waals surface area contributed by atoms with Gasteiger partial charge in [-0.1, -0.05) is 0 Å². The molecule has 114 valence electrons. The third-order valence-electron chi connectivity index (χ3n) is 2.29. The minimum Gasteiger partial charge on any atom is -0.480 e. The van der Waals surface area contributed by atoms with E-state index < -0.39 is 29.7 Å². The van der Waals surface area contributed by atoms with Gasteiger partial charge in [-0.15, -0.1) is 11.8 Å². The molecular formula is C12H15N3O5S. The minimum absolute atomic E-state index is 0.0268. The lowest BCUT2D eigenvalue weighted by Crippen LogP contribution is -2.42. The molecule has 0 saturated heterocycles. The van der Waals surface area contributed by atoms with Gasteiger partial charge in [0.05, 0.1) is 5.75 Å². The molecular weight excluding hydrogens is 298 g/mol. The number of hydrogen-bond donors (Lipinski definition) is 4. The number of thioether (sulfide) groups is 1. The Morgan fingerprint density at radius 2 is 2.10 bits per heavy atom. The van der Waals surface area contributed by atoms with Crippen LogP contribution in [-0.4, -0.2) is 51.3 Å². The molecule has 3 amide bonds. The smallest absolute Gasteiger partial charge is 0.327 e. The summed E-state index contributed by atoms with van der Waals surface area (Å²) in [6.07, 6.45) is 1.55. The Hall–Kier alpha value is -2.29. The van der Waals surface area contributed by atoms with Crippen LogP contribution < -0.4 is 10.6 Å². The van der Waals surface area contributed by atoms with Crippen molar-refractivity contribution in [1.82, 2.24) is 15.6 Å². The lowest BCUT2D eigenvalue weighted by molar-refractivity contribution is -0.140. The Morgan fingerprint density at radius 1 is 1.38 bits per heavy atom. The van der Waals surface area contributed by atoms with Crippen molar-refractivity contribution in [3.8, 4) is 0 Å². The molecule has 0 aromatic carbocycles. The second-order valence-corrected chi connectivity index (χ2v) is 5.10. The van der Waals surface area contributed by atoms with Crippen molar-refractivity contribution >= 4 is 35.5 Å². The number of carboxylic acid groups (broad SMARTS) is 1. The Morgan fingerprint density at radius 3 is 2.62 bits per heavy atom. The van der Waals surface area contributed by atoms with Gasteiger partial charge in [0.15, 0.2) is 0 Å². The molecule has 21 heavy (non-hydrogen) atoms. The first-order valence-electron chi connectivity index (χ1n) is 5.95. The van der Waals surface area contributed by atoms with E-state index in [2.05, 4.69) is 15.6 Å². The van der Waals surface area contributed by atoms with E-state index in [9.17, 15) is 19.2 Å². The van der Waals surface area contributed by atoms with Crippen LogP contribution in [0.1, 0.15) is 17.4 Å².